The molecule has 1 unspecified atom stereocenters. The summed E-state index contributed by atoms with van der Waals surface area (Å²) >= 11 is 0. The first kappa shape index (κ1) is 16.1. The number of rotatable bonds is 4. The van der Waals surface area contributed by atoms with Crippen molar-refractivity contribution in [3.8, 4) is 5.75 Å². The van der Waals surface area contributed by atoms with E-state index in [0.717, 1.165) is 17.0 Å². The van der Waals surface area contributed by atoms with Crippen LogP contribution in [0.5, 0.6) is 5.75 Å². The van der Waals surface area contributed by atoms with Gasteiger partial charge in [0.1, 0.15) is 11.4 Å². The zero-order chi connectivity index (χ0) is 17.0. The molecule has 124 valence electrons. The lowest BCUT2D eigenvalue weighted by atomic mass is 10.0. The van der Waals surface area contributed by atoms with Crippen LogP contribution in [0.2, 0.25) is 0 Å². The summed E-state index contributed by atoms with van der Waals surface area (Å²) in [6.07, 6.45) is 3.95. The fourth-order valence-corrected chi connectivity index (χ4v) is 2.58. The molecule has 3 rings (SSSR count). The molecule has 0 saturated carbocycles. The van der Waals surface area contributed by atoms with Crippen molar-refractivity contribution in [3.63, 3.8) is 0 Å². The minimum atomic E-state index is -0.471. The summed E-state index contributed by atoms with van der Waals surface area (Å²) in [6, 6.07) is 14.6. The molecule has 0 aromatic heterocycles. The Labute approximate surface area is 141 Å². The summed E-state index contributed by atoms with van der Waals surface area (Å²) < 4.78 is 11.2. The van der Waals surface area contributed by atoms with Crippen LogP contribution in [0.3, 0.4) is 0 Å². The second-order valence-corrected chi connectivity index (χ2v) is 5.88. The maximum Gasteiger partial charge on any atom is 0.323 e. The van der Waals surface area contributed by atoms with E-state index < -0.39 is 5.60 Å². The van der Waals surface area contributed by atoms with Crippen molar-refractivity contribution in [1.29, 1.82) is 0 Å². The minimum absolute atomic E-state index is 0.286. The lowest BCUT2D eigenvalue weighted by Gasteiger charge is -2.31. The van der Waals surface area contributed by atoms with Crippen molar-refractivity contribution in [2.75, 3.05) is 24.4 Å². The highest BCUT2D eigenvalue weighted by Gasteiger charge is 2.27. The lowest BCUT2D eigenvalue weighted by Crippen LogP contribution is -2.36. The second kappa shape index (κ2) is 6.76. The molecule has 0 bridgehead atoms. The topological polar surface area (TPSA) is 59.6 Å². The molecule has 1 aliphatic rings. The molecule has 24 heavy (non-hydrogen) atoms. The van der Waals surface area contributed by atoms with Crippen LogP contribution in [-0.2, 0) is 4.74 Å². The Kier molecular flexibility index (Phi) is 4.53. The Bertz CT molecular complexity index is 758. The van der Waals surface area contributed by atoms with E-state index in [-0.39, 0.29) is 6.03 Å². The van der Waals surface area contributed by atoms with E-state index >= 15 is 0 Å². The first-order valence-electron chi connectivity index (χ1n) is 7.72. The van der Waals surface area contributed by atoms with Crippen molar-refractivity contribution in [3.05, 3.63) is 60.2 Å². The molecule has 0 fully saturated rings. The van der Waals surface area contributed by atoms with E-state index in [9.17, 15) is 4.79 Å². The number of anilines is 2. The largest absolute Gasteiger partial charge is 0.480 e. The average Bonchev–Trinajstić information content (AvgIpc) is 2.56. The minimum Gasteiger partial charge on any atom is -0.480 e. The van der Waals surface area contributed by atoms with Crippen molar-refractivity contribution in [2.45, 2.75) is 12.5 Å². The molecular formula is C19H20N2O3. The maximum absolute atomic E-state index is 12.1. The normalized spacial score (nSPS) is 18.4. The number of urea groups is 1. The maximum atomic E-state index is 12.1. The second-order valence-electron chi connectivity index (χ2n) is 5.88. The molecule has 2 N–H and O–H groups in total. The molecule has 5 heteroatoms. The van der Waals surface area contributed by atoms with Gasteiger partial charge in [-0.25, -0.2) is 4.79 Å². The van der Waals surface area contributed by atoms with Gasteiger partial charge in [-0.15, -0.1) is 0 Å². The molecule has 1 heterocycles. The number of carbonyl (C=O) groups is 1. The molecule has 0 radical (unpaired) electrons. The molecule has 0 saturated heterocycles. The smallest absolute Gasteiger partial charge is 0.323 e. The van der Waals surface area contributed by atoms with Crippen LogP contribution in [0.4, 0.5) is 16.2 Å². The van der Waals surface area contributed by atoms with Gasteiger partial charge < -0.3 is 20.1 Å². The highest BCUT2D eigenvalue weighted by molar-refractivity contribution is 6.00. The van der Waals surface area contributed by atoms with Gasteiger partial charge in [-0.3, -0.25) is 0 Å². The predicted octanol–water partition coefficient (Wildman–Crippen LogP) is 4.14. The van der Waals surface area contributed by atoms with Crippen molar-refractivity contribution >= 4 is 23.5 Å². The third-order valence-corrected chi connectivity index (χ3v) is 3.69. The van der Waals surface area contributed by atoms with Gasteiger partial charge in [0.25, 0.3) is 0 Å². The number of para-hydroxylation sites is 1. The number of amides is 2. The number of fused-ring (bicyclic) bond motifs is 1. The summed E-state index contributed by atoms with van der Waals surface area (Å²) in [4.78, 5) is 12.1. The van der Waals surface area contributed by atoms with E-state index in [0.29, 0.717) is 12.3 Å². The number of ether oxygens (including phenoxy) is 2. The lowest BCUT2D eigenvalue weighted by molar-refractivity contribution is 0.0378. The Morgan fingerprint density at radius 2 is 1.88 bits per heavy atom. The zero-order valence-electron chi connectivity index (χ0n) is 13.7. The molecule has 0 spiro atoms. The Morgan fingerprint density at radius 3 is 2.62 bits per heavy atom. The van der Waals surface area contributed by atoms with Crippen LogP contribution < -0.4 is 15.4 Å². The summed E-state index contributed by atoms with van der Waals surface area (Å²) in [5.41, 5.74) is 1.89. The van der Waals surface area contributed by atoms with Gasteiger partial charge in [-0.2, -0.15) is 0 Å². The molecular weight excluding hydrogens is 304 g/mol. The summed E-state index contributed by atoms with van der Waals surface area (Å²) in [5.74, 6) is 0.770. The Hall–Kier alpha value is -2.79. The number of benzene rings is 2. The van der Waals surface area contributed by atoms with E-state index in [1.165, 1.54) is 0 Å². The standard InChI is InChI=1S/C19H20N2O3/c1-19(13-23-2)11-10-14-12-16(8-9-17(14)24-19)21-18(22)20-15-6-4-3-5-7-15/h3-12H,13H2,1-2H3,(H2,20,21,22). The van der Waals surface area contributed by atoms with Crippen LogP contribution in [-0.4, -0.2) is 25.3 Å². The molecule has 1 aliphatic heterocycles. The first-order chi connectivity index (χ1) is 11.6. The van der Waals surface area contributed by atoms with E-state index in [1.807, 2.05) is 67.6 Å². The van der Waals surface area contributed by atoms with Crippen molar-refractivity contribution in [2.24, 2.45) is 0 Å². The fraction of sp³-hybridized carbons (Fsp3) is 0.211. The SMILES string of the molecule is COCC1(C)C=Cc2cc(NC(=O)Nc3ccccc3)ccc2O1. The van der Waals surface area contributed by atoms with E-state index in [4.69, 9.17) is 9.47 Å². The third kappa shape index (κ3) is 3.75. The number of methoxy groups -OCH3 is 1. The third-order valence-electron chi connectivity index (χ3n) is 3.69. The number of carbonyl (C=O) groups excluding carboxylic acids is 1. The van der Waals surface area contributed by atoms with Gasteiger partial charge in [0.05, 0.1) is 6.61 Å². The van der Waals surface area contributed by atoms with E-state index in [1.54, 1.807) is 7.11 Å². The van der Waals surface area contributed by atoms with Crippen LogP contribution >= 0.6 is 0 Å². The zero-order valence-corrected chi connectivity index (χ0v) is 13.7. The van der Waals surface area contributed by atoms with Gasteiger partial charge in [0.2, 0.25) is 0 Å². The average molecular weight is 324 g/mol. The Morgan fingerprint density at radius 1 is 1.12 bits per heavy atom. The van der Waals surface area contributed by atoms with Crippen LogP contribution in [0.15, 0.2) is 54.6 Å². The van der Waals surface area contributed by atoms with Crippen molar-refractivity contribution in [1.82, 2.24) is 0 Å². The van der Waals surface area contributed by atoms with Crippen LogP contribution in [0, 0.1) is 0 Å². The summed E-state index contributed by atoms with van der Waals surface area (Å²) in [7, 11) is 1.65. The number of hydrogen-bond acceptors (Lipinski definition) is 3. The predicted molar refractivity (Wildman–Crippen MR) is 95.5 cm³/mol. The monoisotopic (exact) mass is 324 g/mol. The summed E-state index contributed by atoms with van der Waals surface area (Å²) in [6.45, 7) is 2.44. The van der Waals surface area contributed by atoms with Gasteiger partial charge in [-0.05, 0) is 43.3 Å². The quantitative estimate of drug-likeness (QED) is 0.888. The van der Waals surface area contributed by atoms with E-state index in [2.05, 4.69) is 10.6 Å². The van der Waals surface area contributed by atoms with Gasteiger partial charge in [-0.1, -0.05) is 24.3 Å². The first-order valence-corrected chi connectivity index (χ1v) is 7.72. The molecule has 5 nitrogen and oxygen atoms in total. The van der Waals surface area contributed by atoms with Gasteiger partial charge >= 0.3 is 6.03 Å². The van der Waals surface area contributed by atoms with Gasteiger partial charge in [0.15, 0.2) is 0 Å². The van der Waals surface area contributed by atoms with Gasteiger partial charge in [0, 0.05) is 24.0 Å². The van der Waals surface area contributed by atoms with Crippen LogP contribution in [0.1, 0.15) is 12.5 Å². The van der Waals surface area contributed by atoms with Crippen molar-refractivity contribution < 1.29 is 14.3 Å². The molecule has 2 amide bonds. The summed E-state index contributed by atoms with van der Waals surface area (Å²) in [5, 5.41) is 5.61. The highest BCUT2D eigenvalue weighted by Crippen LogP contribution is 2.33. The number of hydrogen-bond donors (Lipinski definition) is 2. The molecule has 2 aromatic carbocycles. The molecule has 1 atom stereocenters. The molecule has 2 aromatic rings. The van der Waals surface area contributed by atoms with Crippen LogP contribution in [0.25, 0.3) is 6.08 Å². The highest BCUT2D eigenvalue weighted by atomic mass is 16.5. The number of nitrogens with one attached hydrogen (secondary N) is 2. The molecule has 0 aliphatic carbocycles. The fourth-order valence-electron chi connectivity index (χ4n) is 2.58. The Balaban J connectivity index is 1.68.